The second kappa shape index (κ2) is 4.02. The maximum absolute atomic E-state index is 10.7. The van der Waals surface area contributed by atoms with E-state index in [0.717, 1.165) is 22.7 Å². The number of aryl methyl sites for hydroxylation is 2. The maximum Gasteiger partial charge on any atom is 0.366 e. The standard InChI is InChI=1S/C11H10N2O2S/c1-6-3-4-8(5-7(6)2)9-12-10(11(14)15)16-13-9/h3-5H,1-2H3,(H,14,15). The van der Waals surface area contributed by atoms with Gasteiger partial charge in [-0.05, 0) is 42.6 Å². The molecule has 2 rings (SSSR count). The van der Waals surface area contributed by atoms with Crippen molar-refractivity contribution in [1.82, 2.24) is 9.36 Å². The first kappa shape index (κ1) is 10.8. The average molecular weight is 234 g/mol. The molecule has 0 bridgehead atoms. The lowest BCUT2D eigenvalue weighted by atomic mass is 10.1. The SMILES string of the molecule is Cc1ccc(-c2nsc(C(=O)O)n2)cc1C. The molecule has 0 spiro atoms. The van der Waals surface area contributed by atoms with Gasteiger partial charge in [-0.1, -0.05) is 12.1 Å². The van der Waals surface area contributed by atoms with Crippen LogP contribution in [0, 0.1) is 13.8 Å². The van der Waals surface area contributed by atoms with Crippen molar-refractivity contribution in [2.75, 3.05) is 0 Å². The summed E-state index contributed by atoms with van der Waals surface area (Å²) in [5.74, 6) is -0.557. The summed E-state index contributed by atoms with van der Waals surface area (Å²) in [6, 6.07) is 5.84. The van der Waals surface area contributed by atoms with E-state index in [2.05, 4.69) is 9.36 Å². The molecule has 1 aromatic heterocycles. The zero-order valence-corrected chi connectivity index (χ0v) is 9.71. The summed E-state index contributed by atoms with van der Waals surface area (Å²) in [6.07, 6.45) is 0. The number of rotatable bonds is 2. The lowest BCUT2D eigenvalue weighted by molar-refractivity contribution is 0.0696. The monoisotopic (exact) mass is 234 g/mol. The number of carbonyl (C=O) groups is 1. The third kappa shape index (κ3) is 1.94. The van der Waals surface area contributed by atoms with Gasteiger partial charge in [-0.2, -0.15) is 4.37 Å². The predicted octanol–water partition coefficient (Wildman–Crippen LogP) is 2.52. The molecular formula is C11H10N2O2S. The molecule has 0 saturated carbocycles. The van der Waals surface area contributed by atoms with Crippen molar-refractivity contribution in [3.05, 3.63) is 34.3 Å². The minimum atomic E-state index is -1.03. The van der Waals surface area contributed by atoms with Gasteiger partial charge in [-0.15, -0.1) is 0 Å². The molecule has 0 atom stereocenters. The molecule has 0 radical (unpaired) electrons. The van der Waals surface area contributed by atoms with Gasteiger partial charge in [-0.25, -0.2) is 9.78 Å². The van der Waals surface area contributed by atoms with E-state index in [0.29, 0.717) is 5.82 Å². The number of benzene rings is 1. The summed E-state index contributed by atoms with van der Waals surface area (Å²) >= 11 is 0.902. The van der Waals surface area contributed by atoms with Crippen LogP contribution in [-0.4, -0.2) is 20.4 Å². The zero-order valence-electron chi connectivity index (χ0n) is 8.89. The van der Waals surface area contributed by atoms with Crippen LogP contribution >= 0.6 is 11.5 Å². The molecule has 1 aromatic carbocycles. The molecular weight excluding hydrogens is 224 g/mol. The van der Waals surface area contributed by atoms with Gasteiger partial charge >= 0.3 is 5.97 Å². The highest BCUT2D eigenvalue weighted by Gasteiger charge is 2.12. The van der Waals surface area contributed by atoms with E-state index in [1.54, 1.807) is 0 Å². The van der Waals surface area contributed by atoms with Gasteiger partial charge in [0.25, 0.3) is 0 Å². The molecule has 5 heteroatoms. The number of hydrogen-bond acceptors (Lipinski definition) is 4. The Balaban J connectivity index is 2.42. The van der Waals surface area contributed by atoms with E-state index in [9.17, 15) is 4.79 Å². The normalized spacial score (nSPS) is 10.4. The van der Waals surface area contributed by atoms with Gasteiger partial charge in [0, 0.05) is 5.56 Å². The molecule has 0 aliphatic carbocycles. The van der Waals surface area contributed by atoms with E-state index in [1.807, 2.05) is 32.0 Å². The van der Waals surface area contributed by atoms with Crippen molar-refractivity contribution in [3.63, 3.8) is 0 Å². The van der Waals surface area contributed by atoms with Crippen molar-refractivity contribution in [3.8, 4) is 11.4 Å². The molecule has 1 N–H and O–H groups in total. The predicted molar refractivity (Wildman–Crippen MR) is 61.8 cm³/mol. The molecule has 0 aliphatic heterocycles. The Labute approximate surface area is 96.8 Å². The van der Waals surface area contributed by atoms with E-state index in [-0.39, 0.29) is 5.01 Å². The molecule has 0 saturated heterocycles. The van der Waals surface area contributed by atoms with Gasteiger partial charge in [0.15, 0.2) is 5.82 Å². The van der Waals surface area contributed by atoms with E-state index >= 15 is 0 Å². The molecule has 16 heavy (non-hydrogen) atoms. The third-order valence-corrected chi connectivity index (χ3v) is 3.08. The summed E-state index contributed by atoms with van der Waals surface area (Å²) < 4.78 is 4.03. The fraction of sp³-hybridized carbons (Fsp3) is 0.182. The summed E-state index contributed by atoms with van der Waals surface area (Å²) in [7, 11) is 0. The average Bonchev–Trinajstić information content (AvgIpc) is 2.71. The van der Waals surface area contributed by atoms with Crippen molar-refractivity contribution in [2.45, 2.75) is 13.8 Å². The van der Waals surface area contributed by atoms with Crippen LogP contribution in [0.2, 0.25) is 0 Å². The molecule has 1 heterocycles. The summed E-state index contributed by atoms with van der Waals surface area (Å²) in [5.41, 5.74) is 3.19. The van der Waals surface area contributed by atoms with Gasteiger partial charge in [0.05, 0.1) is 0 Å². The second-order valence-corrected chi connectivity index (χ2v) is 4.28. The Morgan fingerprint density at radius 2 is 2.06 bits per heavy atom. The maximum atomic E-state index is 10.7. The third-order valence-electron chi connectivity index (χ3n) is 2.37. The van der Waals surface area contributed by atoms with E-state index < -0.39 is 5.97 Å². The topological polar surface area (TPSA) is 63.1 Å². The highest BCUT2D eigenvalue weighted by molar-refractivity contribution is 7.07. The molecule has 0 unspecified atom stereocenters. The number of aromatic carboxylic acids is 1. The Bertz CT molecular complexity index is 549. The van der Waals surface area contributed by atoms with Crippen molar-refractivity contribution in [2.24, 2.45) is 0 Å². The van der Waals surface area contributed by atoms with E-state index in [4.69, 9.17) is 5.11 Å². The zero-order chi connectivity index (χ0) is 11.7. The summed E-state index contributed by atoms with van der Waals surface area (Å²) in [4.78, 5) is 14.6. The largest absolute Gasteiger partial charge is 0.476 e. The first-order valence-corrected chi connectivity index (χ1v) is 5.50. The Morgan fingerprint density at radius 3 is 2.62 bits per heavy atom. The van der Waals surface area contributed by atoms with Crippen LogP contribution < -0.4 is 0 Å². The number of carboxylic acids is 1. The Hall–Kier alpha value is -1.75. The van der Waals surface area contributed by atoms with Gasteiger partial charge < -0.3 is 5.11 Å². The summed E-state index contributed by atoms with van der Waals surface area (Å²) in [6.45, 7) is 4.03. The highest BCUT2D eigenvalue weighted by Crippen LogP contribution is 2.20. The fourth-order valence-corrected chi connectivity index (χ4v) is 1.83. The molecule has 0 aliphatic rings. The van der Waals surface area contributed by atoms with Crippen molar-refractivity contribution >= 4 is 17.5 Å². The van der Waals surface area contributed by atoms with Gasteiger partial charge in [0.2, 0.25) is 5.01 Å². The van der Waals surface area contributed by atoms with Crippen LogP contribution in [0.1, 0.15) is 20.9 Å². The van der Waals surface area contributed by atoms with Crippen LogP contribution in [0.15, 0.2) is 18.2 Å². The van der Waals surface area contributed by atoms with Crippen LogP contribution in [0.25, 0.3) is 11.4 Å². The number of hydrogen-bond donors (Lipinski definition) is 1. The summed E-state index contributed by atoms with van der Waals surface area (Å²) in [5, 5.41) is 8.77. The number of carboxylic acid groups (broad SMARTS) is 1. The fourth-order valence-electron chi connectivity index (χ4n) is 1.31. The quantitative estimate of drug-likeness (QED) is 0.867. The lowest BCUT2D eigenvalue weighted by Crippen LogP contribution is -1.94. The number of nitrogens with zero attached hydrogens (tertiary/aromatic N) is 2. The molecule has 4 nitrogen and oxygen atoms in total. The lowest BCUT2D eigenvalue weighted by Gasteiger charge is -2.01. The van der Waals surface area contributed by atoms with Crippen molar-refractivity contribution in [1.29, 1.82) is 0 Å². The molecule has 0 amide bonds. The highest BCUT2D eigenvalue weighted by atomic mass is 32.1. The number of aromatic nitrogens is 2. The Morgan fingerprint density at radius 1 is 1.31 bits per heavy atom. The van der Waals surface area contributed by atoms with Crippen LogP contribution in [0.3, 0.4) is 0 Å². The first-order chi connectivity index (χ1) is 7.58. The van der Waals surface area contributed by atoms with Gasteiger partial charge in [0.1, 0.15) is 0 Å². The molecule has 82 valence electrons. The second-order valence-electron chi connectivity index (χ2n) is 3.53. The molecule has 0 fully saturated rings. The van der Waals surface area contributed by atoms with E-state index in [1.165, 1.54) is 5.56 Å². The van der Waals surface area contributed by atoms with Crippen LogP contribution in [-0.2, 0) is 0 Å². The van der Waals surface area contributed by atoms with Gasteiger partial charge in [-0.3, -0.25) is 0 Å². The molecule has 2 aromatic rings. The minimum absolute atomic E-state index is 0.0215. The first-order valence-electron chi connectivity index (χ1n) is 4.72. The smallest absolute Gasteiger partial charge is 0.366 e. The Kier molecular flexibility index (Phi) is 2.70. The van der Waals surface area contributed by atoms with Crippen molar-refractivity contribution < 1.29 is 9.90 Å². The van der Waals surface area contributed by atoms with Crippen LogP contribution in [0.4, 0.5) is 0 Å². The minimum Gasteiger partial charge on any atom is -0.476 e. The van der Waals surface area contributed by atoms with Crippen LogP contribution in [0.5, 0.6) is 0 Å².